The normalized spacial score (nSPS) is 11.5. The van der Waals surface area contributed by atoms with Crippen molar-refractivity contribution in [1.82, 2.24) is 9.71 Å². The van der Waals surface area contributed by atoms with Crippen molar-refractivity contribution in [2.45, 2.75) is 50.7 Å². The van der Waals surface area contributed by atoms with Gasteiger partial charge in [0.1, 0.15) is 5.75 Å². The molecule has 3 rings (SSSR count). The molecule has 9 nitrogen and oxygen atoms in total. The molecule has 1 amide bonds. The molecular formula is C30H41N3O6S2. The summed E-state index contributed by atoms with van der Waals surface area (Å²) in [5.74, 6) is 0.639. The van der Waals surface area contributed by atoms with Gasteiger partial charge in [0.2, 0.25) is 5.91 Å². The highest BCUT2D eigenvalue weighted by atomic mass is 32.2. The Labute approximate surface area is 247 Å². The van der Waals surface area contributed by atoms with Gasteiger partial charge in [0, 0.05) is 39.5 Å². The fourth-order valence-electron chi connectivity index (χ4n) is 4.16. The standard InChI is InChI=1S/C30H41N3O6S2/c1-5-38-19-8-7-18-33(30-32-23(3)29(40-30)41(35,36)31-17-10-20-39-6-2)28(34)21-24-13-15-25(16-14-24)26-11-9-12-27(22-26)37-4/h9,11-16,22,31H,5-8,10,17-21H2,1-4H3. The Bertz CT molecular complexity index is 1340. The Morgan fingerprint density at radius 3 is 2.37 bits per heavy atom. The number of carbonyl (C=O) groups excluding carboxylic acids is 1. The van der Waals surface area contributed by atoms with Crippen LogP contribution in [0.15, 0.2) is 52.7 Å². The number of amides is 1. The van der Waals surface area contributed by atoms with Crippen LogP contribution < -0.4 is 14.4 Å². The highest BCUT2D eigenvalue weighted by molar-refractivity contribution is 7.91. The number of aryl methyl sites for hydroxylation is 1. The Hall–Kier alpha value is -2.83. The Morgan fingerprint density at radius 2 is 1.68 bits per heavy atom. The van der Waals surface area contributed by atoms with Crippen LogP contribution >= 0.6 is 11.3 Å². The second-order valence-corrected chi connectivity index (χ2v) is 12.3. The summed E-state index contributed by atoms with van der Waals surface area (Å²) in [5.41, 5.74) is 3.28. The first-order valence-electron chi connectivity index (χ1n) is 13.9. The molecule has 0 bridgehead atoms. The van der Waals surface area contributed by atoms with Crippen LogP contribution in [0.2, 0.25) is 0 Å². The van der Waals surface area contributed by atoms with Gasteiger partial charge in [-0.3, -0.25) is 9.69 Å². The predicted octanol–water partition coefficient (Wildman–Crippen LogP) is 5.22. The van der Waals surface area contributed by atoms with Crippen molar-refractivity contribution in [3.8, 4) is 16.9 Å². The van der Waals surface area contributed by atoms with E-state index in [4.69, 9.17) is 14.2 Å². The van der Waals surface area contributed by atoms with Crippen LogP contribution in [0.5, 0.6) is 5.75 Å². The Kier molecular flexibility index (Phi) is 13.2. The van der Waals surface area contributed by atoms with Gasteiger partial charge >= 0.3 is 0 Å². The van der Waals surface area contributed by atoms with Crippen LogP contribution in [-0.2, 0) is 30.7 Å². The third kappa shape index (κ3) is 9.89. The first-order chi connectivity index (χ1) is 19.8. The fraction of sp³-hybridized carbons (Fsp3) is 0.467. The van der Waals surface area contributed by atoms with Crippen LogP contribution in [0, 0.1) is 6.92 Å². The number of rotatable bonds is 18. The van der Waals surface area contributed by atoms with Gasteiger partial charge in [0.15, 0.2) is 9.34 Å². The second-order valence-electron chi connectivity index (χ2n) is 9.37. The lowest BCUT2D eigenvalue weighted by atomic mass is 10.0. The molecule has 3 aromatic rings. The molecule has 0 atom stereocenters. The summed E-state index contributed by atoms with van der Waals surface area (Å²) in [6, 6.07) is 15.7. The number of carbonyl (C=O) groups is 1. The van der Waals surface area contributed by atoms with Gasteiger partial charge in [0.05, 0.1) is 19.2 Å². The number of hydrogen-bond acceptors (Lipinski definition) is 8. The number of aromatic nitrogens is 1. The van der Waals surface area contributed by atoms with Crippen LogP contribution in [0.4, 0.5) is 5.13 Å². The lowest BCUT2D eigenvalue weighted by molar-refractivity contribution is -0.118. The van der Waals surface area contributed by atoms with Gasteiger partial charge in [-0.05, 0) is 68.9 Å². The topological polar surface area (TPSA) is 107 Å². The molecule has 0 aliphatic heterocycles. The molecule has 0 fully saturated rings. The summed E-state index contributed by atoms with van der Waals surface area (Å²) in [4.78, 5) is 19.7. The number of hydrogen-bond donors (Lipinski definition) is 1. The highest BCUT2D eigenvalue weighted by Gasteiger charge is 2.26. The van der Waals surface area contributed by atoms with Crippen molar-refractivity contribution in [3.05, 3.63) is 59.8 Å². The number of anilines is 1. The van der Waals surface area contributed by atoms with Crippen molar-refractivity contribution in [2.75, 3.05) is 51.5 Å². The fourth-order valence-corrected chi connectivity index (χ4v) is 6.82. The van der Waals surface area contributed by atoms with Crippen molar-refractivity contribution in [2.24, 2.45) is 0 Å². The molecule has 1 N–H and O–H groups in total. The molecule has 0 saturated heterocycles. The zero-order chi connectivity index (χ0) is 29.7. The highest BCUT2D eigenvalue weighted by Crippen LogP contribution is 2.31. The van der Waals surface area contributed by atoms with Crippen LogP contribution in [0.25, 0.3) is 11.1 Å². The molecule has 2 aromatic carbocycles. The predicted molar refractivity (Wildman–Crippen MR) is 163 cm³/mol. The number of unbranched alkanes of at least 4 members (excludes halogenated alkanes) is 1. The number of ether oxygens (including phenoxy) is 3. The third-order valence-electron chi connectivity index (χ3n) is 6.32. The lowest BCUT2D eigenvalue weighted by Crippen LogP contribution is -2.33. The molecule has 0 aliphatic rings. The van der Waals surface area contributed by atoms with Crippen molar-refractivity contribution in [1.29, 1.82) is 0 Å². The molecule has 0 unspecified atom stereocenters. The molecule has 1 aromatic heterocycles. The Balaban J connectivity index is 1.76. The smallest absolute Gasteiger partial charge is 0.252 e. The summed E-state index contributed by atoms with van der Waals surface area (Å²) in [6.07, 6.45) is 2.22. The van der Waals surface area contributed by atoms with E-state index in [9.17, 15) is 13.2 Å². The van der Waals surface area contributed by atoms with E-state index >= 15 is 0 Å². The minimum Gasteiger partial charge on any atom is -0.497 e. The average Bonchev–Trinajstić information content (AvgIpc) is 3.37. The minimum absolute atomic E-state index is 0.124. The maximum absolute atomic E-state index is 13.6. The maximum atomic E-state index is 13.6. The van der Waals surface area contributed by atoms with Crippen LogP contribution in [0.1, 0.15) is 44.4 Å². The van der Waals surface area contributed by atoms with Crippen molar-refractivity contribution < 1.29 is 27.4 Å². The first kappa shape index (κ1) is 32.7. The minimum atomic E-state index is -3.76. The molecule has 41 heavy (non-hydrogen) atoms. The summed E-state index contributed by atoms with van der Waals surface area (Å²) >= 11 is 1.02. The monoisotopic (exact) mass is 603 g/mol. The first-order valence-corrected chi connectivity index (χ1v) is 16.2. The van der Waals surface area contributed by atoms with Gasteiger partial charge in [-0.1, -0.05) is 47.7 Å². The quantitative estimate of drug-likeness (QED) is 0.199. The molecule has 0 radical (unpaired) electrons. The SMILES string of the molecule is CCOCCCCN(C(=O)Cc1ccc(-c2cccc(OC)c2)cc1)c1nc(C)c(S(=O)(=O)NCCCOCC)s1. The number of methoxy groups -OCH3 is 1. The lowest BCUT2D eigenvalue weighted by Gasteiger charge is -2.20. The van der Waals surface area contributed by atoms with E-state index in [0.717, 1.165) is 40.2 Å². The van der Waals surface area contributed by atoms with Gasteiger partial charge in [-0.25, -0.2) is 18.1 Å². The summed E-state index contributed by atoms with van der Waals surface area (Å²) in [6.45, 7) is 8.49. The van der Waals surface area contributed by atoms with Gasteiger partial charge < -0.3 is 14.2 Å². The molecular weight excluding hydrogens is 562 g/mol. The van der Waals surface area contributed by atoms with Crippen molar-refractivity contribution in [3.63, 3.8) is 0 Å². The summed E-state index contributed by atoms with van der Waals surface area (Å²) < 4.78 is 44.8. The molecule has 11 heteroatoms. The van der Waals surface area contributed by atoms with Gasteiger partial charge in [0.25, 0.3) is 10.0 Å². The number of nitrogens with zero attached hydrogens (tertiary/aromatic N) is 2. The van der Waals surface area contributed by atoms with Gasteiger partial charge in [-0.2, -0.15) is 0 Å². The van der Waals surface area contributed by atoms with Crippen LogP contribution in [-0.4, -0.2) is 65.9 Å². The van der Waals surface area contributed by atoms with E-state index in [1.54, 1.807) is 18.9 Å². The van der Waals surface area contributed by atoms with Gasteiger partial charge in [-0.15, -0.1) is 0 Å². The number of sulfonamides is 1. The Morgan fingerprint density at radius 1 is 0.976 bits per heavy atom. The van der Waals surface area contributed by atoms with E-state index in [2.05, 4.69) is 9.71 Å². The number of benzene rings is 2. The van der Waals surface area contributed by atoms with E-state index in [0.29, 0.717) is 56.6 Å². The number of nitrogens with one attached hydrogen (secondary N) is 1. The molecule has 0 spiro atoms. The number of thiazole rings is 1. The van der Waals surface area contributed by atoms with E-state index in [1.807, 2.05) is 62.4 Å². The van der Waals surface area contributed by atoms with Crippen LogP contribution in [0.3, 0.4) is 0 Å². The van der Waals surface area contributed by atoms with E-state index in [-0.39, 0.29) is 23.1 Å². The van der Waals surface area contributed by atoms with E-state index in [1.165, 1.54) is 0 Å². The maximum Gasteiger partial charge on any atom is 0.252 e. The molecule has 224 valence electrons. The average molecular weight is 604 g/mol. The zero-order valence-corrected chi connectivity index (χ0v) is 26.0. The molecule has 0 aliphatic carbocycles. The zero-order valence-electron chi connectivity index (χ0n) is 24.4. The molecule has 1 heterocycles. The van der Waals surface area contributed by atoms with E-state index < -0.39 is 10.0 Å². The van der Waals surface area contributed by atoms with Crippen molar-refractivity contribution >= 4 is 32.4 Å². The molecule has 0 saturated carbocycles. The second kappa shape index (κ2) is 16.6. The summed E-state index contributed by atoms with van der Waals surface area (Å²) in [5, 5.41) is 0.381. The largest absolute Gasteiger partial charge is 0.497 e. The third-order valence-corrected chi connectivity index (χ3v) is 9.57. The summed E-state index contributed by atoms with van der Waals surface area (Å²) in [7, 11) is -2.12.